The van der Waals surface area contributed by atoms with Crippen LogP contribution in [0.4, 0.5) is 4.79 Å². The van der Waals surface area contributed by atoms with Crippen LogP contribution in [0.15, 0.2) is 52.0 Å². The Labute approximate surface area is 171 Å². The molecule has 2 aromatic carbocycles. The fourth-order valence-corrected chi connectivity index (χ4v) is 2.61. The quantitative estimate of drug-likeness (QED) is 0.403. The molecule has 0 saturated heterocycles. The highest BCUT2D eigenvalue weighted by Gasteiger charge is 2.12. The van der Waals surface area contributed by atoms with Gasteiger partial charge in [-0.25, -0.2) is 10.2 Å². The van der Waals surface area contributed by atoms with Crippen LogP contribution >= 0.6 is 15.9 Å². The van der Waals surface area contributed by atoms with Gasteiger partial charge in [-0.1, -0.05) is 30.3 Å². The minimum Gasteiger partial charge on any atom is -0.490 e. The molecular formula is C19H21BrN4O4. The lowest BCUT2D eigenvalue weighted by Gasteiger charge is -2.14. The standard InChI is InChI=1S/C19H21BrN4O4/c1-2-27-16-8-14(11-23-24-19(21)26)15(20)9-17(16)28-12-18(25)22-10-13-6-4-3-5-7-13/h3-9,11H,2,10,12H2,1H3,(H,22,25)(H3,21,24,26). The fourth-order valence-electron chi connectivity index (χ4n) is 2.19. The Morgan fingerprint density at radius 3 is 2.57 bits per heavy atom. The fraction of sp³-hybridized carbons (Fsp3) is 0.211. The summed E-state index contributed by atoms with van der Waals surface area (Å²) in [5.41, 5.74) is 8.72. The molecule has 0 radical (unpaired) electrons. The van der Waals surface area contributed by atoms with Gasteiger partial charge in [-0.2, -0.15) is 5.10 Å². The first kappa shape index (κ1) is 21.2. The van der Waals surface area contributed by atoms with Crippen LogP contribution in [-0.2, 0) is 11.3 Å². The monoisotopic (exact) mass is 448 g/mol. The molecule has 0 bridgehead atoms. The van der Waals surface area contributed by atoms with Gasteiger partial charge in [0, 0.05) is 16.6 Å². The highest BCUT2D eigenvalue weighted by atomic mass is 79.9. The maximum Gasteiger partial charge on any atom is 0.332 e. The van der Waals surface area contributed by atoms with E-state index in [2.05, 4.69) is 31.8 Å². The maximum atomic E-state index is 12.1. The number of halogens is 1. The Morgan fingerprint density at radius 1 is 1.18 bits per heavy atom. The molecule has 0 saturated carbocycles. The number of benzene rings is 2. The van der Waals surface area contributed by atoms with Crippen molar-refractivity contribution in [2.24, 2.45) is 10.8 Å². The Kier molecular flexibility index (Phi) is 8.29. The van der Waals surface area contributed by atoms with Crippen molar-refractivity contribution in [3.63, 3.8) is 0 Å². The number of ether oxygens (including phenoxy) is 2. The maximum absolute atomic E-state index is 12.1. The second-order valence-corrected chi connectivity index (χ2v) is 6.39. The minimum absolute atomic E-state index is 0.157. The first-order valence-electron chi connectivity index (χ1n) is 8.48. The summed E-state index contributed by atoms with van der Waals surface area (Å²) in [5.74, 6) is 0.601. The predicted molar refractivity (Wildman–Crippen MR) is 109 cm³/mol. The van der Waals surface area contributed by atoms with Crippen molar-refractivity contribution in [3.05, 3.63) is 58.1 Å². The van der Waals surface area contributed by atoms with Crippen LogP contribution in [0.25, 0.3) is 0 Å². The molecule has 0 aliphatic carbocycles. The molecule has 4 N–H and O–H groups in total. The number of hydrogen-bond donors (Lipinski definition) is 3. The summed E-state index contributed by atoms with van der Waals surface area (Å²) in [6.07, 6.45) is 1.41. The molecule has 0 spiro atoms. The van der Waals surface area contributed by atoms with E-state index in [9.17, 15) is 9.59 Å². The Morgan fingerprint density at radius 2 is 1.89 bits per heavy atom. The molecule has 0 aromatic heterocycles. The summed E-state index contributed by atoms with van der Waals surface area (Å²) in [5, 5.41) is 6.52. The van der Waals surface area contributed by atoms with E-state index in [0.717, 1.165) is 5.56 Å². The van der Waals surface area contributed by atoms with Crippen LogP contribution in [0.1, 0.15) is 18.1 Å². The Hall–Kier alpha value is -3.07. The van der Waals surface area contributed by atoms with Crippen LogP contribution in [0.5, 0.6) is 11.5 Å². The molecule has 2 aromatic rings. The average molecular weight is 449 g/mol. The first-order chi connectivity index (χ1) is 13.5. The van der Waals surface area contributed by atoms with Gasteiger partial charge in [0.1, 0.15) is 0 Å². The molecule has 3 amide bonds. The zero-order chi connectivity index (χ0) is 20.4. The molecule has 0 aliphatic rings. The molecule has 0 fully saturated rings. The number of hydrogen-bond acceptors (Lipinski definition) is 5. The largest absolute Gasteiger partial charge is 0.490 e. The SMILES string of the molecule is CCOc1cc(C=NNC(N)=O)c(Br)cc1OCC(=O)NCc1ccccc1. The third-order valence-electron chi connectivity index (χ3n) is 3.43. The third-order valence-corrected chi connectivity index (χ3v) is 4.12. The number of urea groups is 1. The molecule has 0 atom stereocenters. The van der Waals surface area contributed by atoms with Gasteiger partial charge in [0.05, 0.1) is 12.8 Å². The van der Waals surface area contributed by atoms with Crippen molar-refractivity contribution >= 4 is 34.1 Å². The van der Waals surface area contributed by atoms with Gasteiger partial charge in [0.25, 0.3) is 5.91 Å². The number of carbonyl (C=O) groups is 2. The lowest BCUT2D eigenvalue weighted by atomic mass is 10.2. The van der Waals surface area contributed by atoms with E-state index in [1.807, 2.05) is 37.3 Å². The summed E-state index contributed by atoms with van der Waals surface area (Å²) in [7, 11) is 0. The molecule has 148 valence electrons. The normalized spacial score (nSPS) is 10.5. The molecule has 9 heteroatoms. The molecule has 0 unspecified atom stereocenters. The van der Waals surface area contributed by atoms with Gasteiger partial charge < -0.3 is 20.5 Å². The van der Waals surface area contributed by atoms with E-state index in [4.69, 9.17) is 15.2 Å². The average Bonchev–Trinajstić information content (AvgIpc) is 2.68. The van der Waals surface area contributed by atoms with E-state index in [1.54, 1.807) is 12.1 Å². The molecule has 0 heterocycles. The predicted octanol–water partition coefficient (Wildman–Crippen LogP) is 2.55. The number of primary amides is 1. The smallest absolute Gasteiger partial charge is 0.332 e. The summed E-state index contributed by atoms with van der Waals surface area (Å²) < 4.78 is 11.8. The number of rotatable bonds is 9. The van der Waals surface area contributed by atoms with Gasteiger partial charge in [-0.05, 0) is 40.5 Å². The van der Waals surface area contributed by atoms with E-state index in [0.29, 0.717) is 34.7 Å². The molecule has 28 heavy (non-hydrogen) atoms. The van der Waals surface area contributed by atoms with E-state index < -0.39 is 6.03 Å². The number of nitrogens with one attached hydrogen (secondary N) is 2. The van der Waals surface area contributed by atoms with E-state index in [1.165, 1.54) is 6.21 Å². The molecule has 2 rings (SSSR count). The molecule has 8 nitrogen and oxygen atoms in total. The second kappa shape index (κ2) is 10.9. The lowest BCUT2D eigenvalue weighted by molar-refractivity contribution is -0.123. The van der Waals surface area contributed by atoms with E-state index in [-0.39, 0.29) is 12.5 Å². The first-order valence-corrected chi connectivity index (χ1v) is 9.27. The highest BCUT2D eigenvalue weighted by Crippen LogP contribution is 2.33. The molecular weight excluding hydrogens is 428 g/mol. The van der Waals surface area contributed by atoms with Crippen LogP contribution in [0.3, 0.4) is 0 Å². The third kappa shape index (κ3) is 6.92. The van der Waals surface area contributed by atoms with Crippen molar-refractivity contribution in [2.75, 3.05) is 13.2 Å². The van der Waals surface area contributed by atoms with Crippen LogP contribution in [0, 0.1) is 0 Å². The number of nitrogens with zero attached hydrogens (tertiary/aromatic N) is 1. The van der Waals surface area contributed by atoms with Crippen LogP contribution in [0.2, 0.25) is 0 Å². The van der Waals surface area contributed by atoms with Crippen molar-refractivity contribution in [1.82, 2.24) is 10.7 Å². The summed E-state index contributed by atoms with van der Waals surface area (Å²) in [6.45, 7) is 2.51. The number of carbonyl (C=O) groups excluding carboxylic acids is 2. The summed E-state index contributed by atoms with van der Waals surface area (Å²) in [4.78, 5) is 22.7. The summed E-state index contributed by atoms with van der Waals surface area (Å²) >= 11 is 3.40. The Bertz CT molecular complexity index is 843. The Balaban J connectivity index is 2.01. The second-order valence-electron chi connectivity index (χ2n) is 5.54. The van der Waals surface area contributed by atoms with Gasteiger partial charge in [-0.15, -0.1) is 0 Å². The van der Waals surface area contributed by atoms with Gasteiger partial charge >= 0.3 is 6.03 Å². The van der Waals surface area contributed by atoms with Gasteiger partial charge in [0.15, 0.2) is 18.1 Å². The van der Waals surface area contributed by atoms with Crippen molar-refractivity contribution in [3.8, 4) is 11.5 Å². The number of nitrogens with two attached hydrogens (primary N) is 1. The lowest BCUT2D eigenvalue weighted by Crippen LogP contribution is -2.28. The zero-order valence-electron chi connectivity index (χ0n) is 15.3. The van der Waals surface area contributed by atoms with Crippen molar-refractivity contribution in [1.29, 1.82) is 0 Å². The highest BCUT2D eigenvalue weighted by molar-refractivity contribution is 9.10. The van der Waals surface area contributed by atoms with Crippen molar-refractivity contribution in [2.45, 2.75) is 13.5 Å². The number of hydrazone groups is 1. The topological polar surface area (TPSA) is 115 Å². The summed E-state index contributed by atoms with van der Waals surface area (Å²) in [6, 6.07) is 12.2. The number of amides is 3. The zero-order valence-corrected chi connectivity index (χ0v) is 16.9. The van der Waals surface area contributed by atoms with Gasteiger partial charge in [0.2, 0.25) is 0 Å². The van der Waals surface area contributed by atoms with Crippen molar-refractivity contribution < 1.29 is 19.1 Å². The molecule has 0 aliphatic heterocycles. The van der Waals surface area contributed by atoms with Crippen LogP contribution < -0.4 is 25.9 Å². The minimum atomic E-state index is -0.765. The van der Waals surface area contributed by atoms with E-state index >= 15 is 0 Å². The van der Waals surface area contributed by atoms with Crippen LogP contribution in [-0.4, -0.2) is 31.4 Å². The van der Waals surface area contributed by atoms with Gasteiger partial charge in [-0.3, -0.25) is 4.79 Å².